The number of carbonyl (C=O) groups is 1. The third-order valence-electron chi connectivity index (χ3n) is 5.37. The number of aliphatic hydroxyl groups is 1. The molecule has 0 atom stereocenters. The maximum Gasteiger partial charge on any atom is 0.267 e. The second-order valence-corrected chi connectivity index (χ2v) is 7.49. The van der Waals surface area contributed by atoms with Gasteiger partial charge in [0.15, 0.2) is 0 Å². The van der Waals surface area contributed by atoms with Crippen LogP contribution in [0.4, 0.5) is 0 Å². The van der Waals surface area contributed by atoms with Crippen molar-refractivity contribution >= 4 is 16.8 Å². The summed E-state index contributed by atoms with van der Waals surface area (Å²) >= 11 is 0. The van der Waals surface area contributed by atoms with Gasteiger partial charge in [-0.3, -0.25) is 9.78 Å². The summed E-state index contributed by atoms with van der Waals surface area (Å²) in [5.41, 5.74) is 8.02. The predicted octanol–water partition coefficient (Wildman–Crippen LogP) is 3.09. The molecule has 1 fully saturated rings. The highest BCUT2D eigenvalue weighted by atomic mass is 16.5. The predicted molar refractivity (Wildman–Crippen MR) is 113 cm³/mol. The summed E-state index contributed by atoms with van der Waals surface area (Å²) in [5.74, 6) is 0.190. The molecule has 1 aliphatic rings. The number of hydrogen-bond donors (Lipinski definition) is 2. The van der Waals surface area contributed by atoms with Crippen LogP contribution in [0.15, 0.2) is 48.8 Å². The summed E-state index contributed by atoms with van der Waals surface area (Å²) in [5, 5.41) is 10.4. The number of amides is 1. The molecule has 7 nitrogen and oxygen atoms in total. The van der Waals surface area contributed by atoms with Crippen molar-refractivity contribution in [1.82, 2.24) is 9.97 Å². The van der Waals surface area contributed by atoms with E-state index in [1.54, 1.807) is 24.5 Å². The lowest BCUT2D eigenvalue weighted by molar-refractivity contribution is -0.0130. The molecule has 0 spiro atoms. The fourth-order valence-electron chi connectivity index (χ4n) is 3.71. The van der Waals surface area contributed by atoms with Gasteiger partial charge in [-0.1, -0.05) is 12.1 Å². The Morgan fingerprint density at radius 3 is 2.53 bits per heavy atom. The SMILES string of the molecule is NC(=O)c1ccc2cncc(-c3ccc(OCCOC4CCC(O)CC4)cc3)c2n1. The molecular weight excluding hydrogens is 382 g/mol. The first-order valence-electron chi connectivity index (χ1n) is 10.2. The Balaban J connectivity index is 1.39. The zero-order valence-electron chi connectivity index (χ0n) is 16.7. The molecule has 156 valence electrons. The lowest BCUT2D eigenvalue weighted by Gasteiger charge is -2.25. The summed E-state index contributed by atoms with van der Waals surface area (Å²) in [6.07, 6.45) is 6.91. The monoisotopic (exact) mass is 407 g/mol. The van der Waals surface area contributed by atoms with Crippen molar-refractivity contribution in [3.8, 4) is 16.9 Å². The van der Waals surface area contributed by atoms with Crippen LogP contribution in [0.2, 0.25) is 0 Å². The van der Waals surface area contributed by atoms with Crippen LogP contribution in [0, 0.1) is 0 Å². The number of nitrogens with zero attached hydrogens (tertiary/aromatic N) is 2. The summed E-state index contributed by atoms with van der Waals surface area (Å²) in [7, 11) is 0. The van der Waals surface area contributed by atoms with E-state index in [0.717, 1.165) is 47.9 Å². The summed E-state index contributed by atoms with van der Waals surface area (Å²) in [6, 6.07) is 11.1. The van der Waals surface area contributed by atoms with E-state index in [9.17, 15) is 9.90 Å². The first-order valence-corrected chi connectivity index (χ1v) is 10.2. The van der Waals surface area contributed by atoms with Crippen molar-refractivity contribution in [3.63, 3.8) is 0 Å². The topological polar surface area (TPSA) is 108 Å². The molecule has 7 heteroatoms. The number of aliphatic hydroxyl groups excluding tert-OH is 1. The Morgan fingerprint density at radius 2 is 1.80 bits per heavy atom. The molecule has 2 heterocycles. The van der Waals surface area contributed by atoms with Crippen molar-refractivity contribution < 1.29 is 19.4 Å². The fraction of sp³-hybridized carbons (Fsp3) is 0.348. The second kappa shape index (κ2) is 9.19. The van der Waals surface area contributed by atoms with Crippen LogP contribution in [0.5, 0.6) is 5.75 Å². The number of nitrogens with two attached hydrogens (primary N) is 1. The Labute approximate surface area is 174 Å². The average Bonchev–Trinajstić information content (AvgIpc) is 2.77. The summed E-state index contributed by atoms with van der Waals surface area (Å²) < 4.78 is 11.6. The van der Waals surface area contributed by atoms with Crippen molar-refractivity contribution in [3.05, 3.63) is 54.5 Å². The van der Waals surface area contributed by atoms with Crippen LogP contribution in [0.3, 0.4) is 0 Å². The van der Waals surface area contributed by atoms with Gasteiger partial charge in [0.05, 0.1) is 24.3 Å². The molecule has 0 radical (unpaired) electrons. The van der Waals surface area contributed by atoms with Gasteiger partial charge >= 0.3 is 0 Å². The van der Waals surface area contributed by atoms with E-state index in [1.807, 2.05) is 24.3 Å². The molecule has 3 N–H and O–H groups in total. The minimum absolute atomic E-state index is 0.172. The fourth-order valence-corrected chi connectivity index (χ4v) is 3.71. The van der Waals surface area contributed by atoms with Gasteiger partial charge in [-0.25, -0.2) is 4.98 Å². The van der Waals surface area contributed by atoms with E-state index in [1.165, 1.54) is 0 Å². The van der Waals surface area contributed by atoms with Crippen LogP contribution in [-0.2, 0) is 4.74 Å². The van der Waals surface area contributed by atoms with E-state index in [4.69, 9.17) is 15.2 Å². The molecule has 0 unspecified atom stereocenters. The highest BCUT2D eigenvalue weighted by molar-refractivity contribution is 5.97. The highest BCUT2D eigenvalue weighted by Gasteiger charge is 2.19. The molecule has 0 saturated heterocycles. The van der Waals surface area contributed by atoms with E-state index >= 15 is 0 Å². The molecule has 3 aromatic rings. The molecule has 0 bridgehead atoms. The lowest BCUT2D eigenvalue weighted by Crippen LogP contribution is -2.25. The van der Waals surface area contributed by atoms with Gasteiger partial charge in [-0.2, -0.15) is 0 Å². The van der Waals surface area contributed by atoms with E-state index in [2.05, 4.69) is 9.97 Å². The number of primary amides is 1. The van der Waals surface area contributed by atoms with Crippen molar-refractivity contribution in [2.75, 3.05) is 13.2 Å². The molecule has 30 heavy (non-hydrogen) atoms. The van der Waals surface area contributed by atoms with Gasteiger partial charge in [0.25, 0.3) is 5.91 Å². The van der Waals surface area contributed by atoms with E-state index < -0.39 is 5.91 Å². The standard InChI is InChI=1S/C23H25N3O4/c24-23(28)21-10-3-16-13-25-14-20(22(16)26-21)15-1-6-18(7-2-15)29-11-12-30-19-8-4-17(27)5-9-19/h1-3,6-7,10,13-14,17,19,27H,4-5,8-9,11-12H2,(H2,24,28). The average molecular weight is 407 g/mol. The molecular formula is C23H25N3O4. The third kappa shape index (κ3) is 4.75. The molecule has 1 aliphatic carbocycles. The molecule has 2 aromatic heterocycles. The van der Waals surface area contributed by atoms with Gasteiger partial charge in [0, 0.05) is 23.3 Å². The first-order chi connectivity index (χ1) is 14.6. The van der Waals surface area contributed by atoms with Gasteiger partial charge < -0.3 is 20.3 Å². The Morgan fingerprint density at radius 1 is 1.03 bits per heavy atom. The number of pyridine rings is 2. The summed E-state index contributed by atoms with van der Waals surface area (Å²) in [4.78, 5) is 20.2. The van der Waals surface area contributed by atoms with Crippen LogP contribution < -0.4 is 10.5 Å². The molecule has 1 amide bonds. The Hall–Kier alpha value is -3.03. The van der Waals surface area contributed by atoms with E-state index in [0.29, 0.717) is 18.7 Å². The lowest BCUT2D eigenvalue weighted by atomic mass is 9.95. The molecule has 1 saturated carbocycles. The summed E-state index contributed by atoms with van der Waals surface area (Å²) in [6.45, 7) is 0.993. The third-order valence-corrected chi connectivity index (χ3v) is 5.37. The maximum atomic E-state index is 11.5. The van der Waals surface area contributed by atoms with Gasteiger partial charge in [-0.05, 0) is 55.5 Å². The Kier molecular flexibility index (Phi) is 6.21. The number of benzene rings is 1. The number of carbonyl (C=O) groups excluding carboxylic acids is 1. The number of aromatic nitrogens is 2. The van der Waals surface area contributed by atoms with Crippen LogP contribution in [0.25, 0.3) is 22.0 Å². The molecule has 0 aliphatic heterocycles. The van der Waals surface area contributed by atoms with Gasteiger partial charge in [0.1, 0.15) is 18.1 Å². The minimum Gasteiger partial charge on any atom is -0.491 e. The van der Waals surface area contributed by atoms with Gasteiger partial charge in [0.2, 0.25) is 0 Å². The quantitative estimate of drug-likeness (QED) is 0.583. The van der Waals surface area contributed by atoms with Crippen molar-refractivity contribution in [1.29, 1.82) is 0 Å². The number of ether oxygens (including phenoxy) is 2. The van der Waals surface area contributed by atoms with Crippen molar-refractivity contribution in [2.45, 2.75) is 37.9 Å². The number of hydrogen-bond acceptors (Lipinski definition) is 6. The van der Waals surface area contributed by atoms with E-state index in [-0.39, 0.29) is 17.9 Å². The smallest absolute Gasteiger partial charge is 0.267 e. The Bertz CT molecular complexity index is 1010. The van der Waals surface area contributed by atoms with Crippen LogP contribution in [0.1, 0.15) is 36.2 Å². The minimum atomic E-state index is -0.560. The zero-order chi connectivity index (χ0) is 20.9. The van der Waals surface area contributed by atoms with Crippen molar-refractivity contribution in [2.24, 2.45) is 5.73 Å². The van der Waals surface area contributed by atoms with Crippen LogP contribution >= 0.6 is 0 Å². The van der Waals surface area contributed by atoms with Gasteiger partial charge in [-0.15, -0.1) is 0 Å². The number of rotatable bonds is 7. The highest BCUT2D eigenvalue weighted by Crippen LogP contribution is 2.28. The zero-order valence-corrected chi connectivity index (χ0v) is 16.7. The second-order valence-electron chi connectivity index (χ2n) is 7.49. The first kappa shape index (κ1) is 20.3. The molecule has 4 rings (SSSR count). The number of fused-ring (bicyclic) bond motifs is 1. The largest absolute Gasteiger partial charge is 0.491 e. The van der Waals surface area contributed by atoms with Crippen LogP contribution in [-0.4, -0.2) is 46.4 Å². The molecule has 1 aromatic carbocycles. The maximum absolute atomic E-state index is 11.5. The normalized spacial score (nSPS) is 19.0.